The lowest BCUT2D eigenvalue weighted by Crippen LogP contribution is -2.52. The van der Waals surface area contributed by atoms with Crippen LogP contribution >= 0.6 is 0 Å². The molecular formula is C20H31N5O5S. The summed E-state index contributed by atoms with van der Waals surface area (Å²) in [7, 11) is 1.12. The van der Waals surface area contributed by atoms with Gasteiger partial charge in [-0.2, -0.15) is 4.72 Å². The summed E-state index contributed by atoms with van der Waals surface area (Å²) >= 11 is 0. The van der Waals surface area contributed by atoms with Crippen molar-refractivity contribution in [3.63, 3.8) is 0 Å². The van der Waals surface area contributed by atoms with Crippen LogP contribution in [-0.2, 0) is 19.6 Å². The van der Waals surface area contributed by atoms with Crippen LogP contribution in [0.5, 0.6) is 5.75 Å². The van der Waals surface area contributed by atoms with Gasteiger partial charge in [0.05, 0.1) is 12.8 Å². The van der Waals surface area contributed by atoms with Crippen LogP contribution in [0, 0.1) is 0 Å². The number of sulfonamides is 1. The monoisotopic (exact) mass is 453 g/mol. The first-order valence-corrected chi connectivity index (χ1v) is 11.8. The van der Waals surface area contributed by atoms with Crippen molar-refractivity contribution in [2.45, 2.75) is 36.2 Å². The molecule has 2 fully saturated rings. The molecule has 2 aliphatic rings. The fourth-order valence-electron chi connectivity index (χ4n) is 4.07. The van der Waals surface area contributed by atoms with Gasteiger partial charge in [-0.25, -0.2) is 8.42 Å². The molecule has 0 unspecified atom stereocenters. The second-order valence-corrected chi connectivity index (χ2v) is 9.74. The van der Waals surface area contributed by atoms with Gasteiger partial charge in [-0.3, -0.25) is 9.59 Å². The second kappa shape index (κ2) is 9.51. The van der Waals surface area contributed by atoms with Crippen molar-refractivity contribution in [1.82, 2.24) is 14.5 Å². The molecule has 3 rings (SSSR count). The van der Waals surface area contributed by atoms with E-state index in [0.29, 0.717) is 38.2 Å². The highest BCUT2D eigenvalue weighted by atomic mass is 32.2. The van der Waals surface area contributed by atoms with Crippen LogP contribution in [0.2, 0.25) is 0 Å². The molecule has 0 radical (unpaired) electrons. The Morgan fingerprint density at radius 3 is 2.65 bits per heavy atom. The molecule has 2 atom stereocenters. The Balaban J connectivity index is 1.84. The summed E-state index contributed by atoms with van der Waals surface area (Å²) in [6.45, 7) is 1.40. The number of para-hydroxylation sites is 1. The third-order valence-corrected chi connectivity index (χ3v) is 7.35. The van der Waals surface area contributed by atoms with E-state index in [2.05, 4.69) is 4.72 Å². The van der Waals surface area contributed by atoms with Crippen LogP contribution in [0.15, 0.2) is 23.1 Å². The van der Waals surface area contributed by atoms with Crippen LogP contribution in [0.25, 0.3) is 0 Å². The average molecular weight is 454 g/mol. The number of benzene rings is 1. The maximum absolute atomic E-state index is 13.2. The molecule has 1 aromatic carbocycles. The lowest BCUT2D eigenvalue weighted by Gasteiger charge is -2.25. The molecule has 10 nitrogen and oxygen atoms in total. The van der Waals surface area contributed by atoms with Crippen LogP contribution in [0.4, 0.5) is 5.69 Å². The minimum Gasteiger partial charge on any atom is -0.493 e. The van der Waals surface area contributed by atoms with E-state index in [0.717, 1.165) is 6.42 Å². The number of nitrogens with two attached hydrogens (primary N) is 1. The lowest BCUT2D eigenvalue weighted by atomic mass is 10.2. The number of amides is 2. The first-order chi connectivity index (χ1) is 14.7. The fraction of sp³-hybridized carbons (Fsp3) is 0.600. The summed E-state index contributed by atoms with van der Waals surface area (Å²) in [5.41, 5.74) is 6.17. The number of nitrogens with one attached hydrogen (secondary N) is 1. The van der Waals surface area contributed by atoms with Crippen molar-refractivity contribution >= 4 is 27.5 Å². The summed E-state index contributed by atoms with van der Waals surface area (Å²) in [5, 5.41) is 0. The summed E-state index contributed by atoms with van der Waals surface area (Å²) in [6.07, 6.45) is 1.93. The fourth-order valence-corrected chi connectivity index (χ4v) is 5.46. The smallest absolute Gasteiger partial charge is 0.245 e. The number of likely N-dealkylation sites (tertiary alicyclic amines) is 1. The third kappa shape index (κ3) is 4.84. The number of hydrogen-bond acceptors (Lipinski definition) is 7. The number of likely N-dealkylation sites (N-methyl/N-ethyl adjacent to an activating group) is 1. The van der Waals surface area contributed by atoms with Gasteiger partial charge < -0.3 is 25.2 Å². The zero-order valence-electron chi connectivity index (χ0n) is 18.2. The lowest BCUT2D eigenvalue weighted by molar-refractivity contribution is -0.131. The van der Waals surface area contributed by atoms with Gasteiger partial charge >= 0.3 is 0 Å². The Morgan fingerprint density at radius 2 is 2.10 bits per heavy atom. The number of rotatable bonds is 8. The molecule has 172 valence electrons. The second-order valence-electron chi connectivity index (χ2n) is 8.06. The number of ether oxygens (including phenoxy) is 1. The Hall–Kier alpha value is -2.21. The molecule has 0 saturated carbocycles. The highest BCUT2D eigenvalue weighted by molar-refractivity contribution is 7.89. The van der Waals surface area contributed by atoms with Crippen LogP contribution in [0.1, 0.15) is 19.3 Å². The van der Waals surface area contributed by atoms with E-state index in [1.165, 1.54) is 18.1 Å². The minimum atomic E-state index is -4.14. The van der Waals surface area contributed by atoms with Crippen molar-refractivity contribution in [3.05, 3.63) is 18.2 Å². The number of methoxy groups -OCH3 is 1. The third-order valence-electron chi connectivity index (χ3n) is 5.85. The molecule has 2 amide bonds. The molecular weight excluding hydrogens is 422 g/mol. The Labute approximate surface area is 183 Å². The minimum absolute atomic E-state index is 0.0716. The van der Waals surface area contributed by atoms with Gasteiger partial charge in [0.25, 0.3) is 0 Å². The summed E-state index contributed by atoms with van der Waals surface area (Å²) in [6, 6.07) is 3.74. The quantitative estimate of drug-likeness (QED) is 0.548. The van der Waals surface area contributed by atoms with Crippen LogP contribution < -0.4 is 20.1 Å². The topological polar surface area (TPSA) is 125 Å². The van der Waals surface area contributed by atoms with Crippen LogP contribution in [0.3, 0.4) is 0 Å². The zero-order valence-corrected chi connectivity index (χ0v) is 19.0. The average Bonchev–Trinajstić information content (AvgIpc) is 3.40. The number of carbonyl (C=O) groups is 2. The van der Waals surface area contributed by atoms with Gasteiger partial charge in [-0.1, -0.05) is 6.07 Å². The van der Waals surface area contributed by atoms with Gasteiger partial charge in [0.1, 0.15) is 10.9 Å². The Bertz CT molecular complexity index is 936. The van der Waals surface area contributed by atoms with Crippen molar-refractivity contribution < 1.29 is 22.7 Å². The van der Waals surface area contributed by atoms with Crippen molar-refractivity contribution in [3.8, 4) is 5.75 Å². The van der Waals surface area contributed by atoms with Gasteiger partial charge in [-0.05, 0) is 39.1 Å². The predicted octanol–water partition coefficient (Wildman–Crippen LogP) is -0.410. The molecule has 0 aliphatic carbocycles. The maximum atomic E-state index is 13.2. The Morgan fingerprint density at radius 1 is 1.35 bits per heavy atom. The molecule has 0 bridgehead atoms. The molecule has 0 aromatic heterocycles. The first-order valence-electron chi connectivity index (χ1n) is 10.3. The number of carbonyl (C=O) groups excluding carboxylic acids is 2. The molecule has 11 heteroatoms. The predicted molar refractivity (Wildman–Crippen MR) is 116 cm³/mol. The maximum Gasteiger partial charge on any atom is 0.245 e. The zero-order chi connectivity index (χ0) is 22.8. The molecule has 3 N–H and O–H groups in total. The van der Waals surface area contributed by atoms with Crippen LogP contribution in [-0.4, -0.2) is 89.5 Å². The summed E-state index contributed by atoms with van der Waals surface area (Å²) in [4.78, 5) is 30.2. The number of anilines is 1. The summed E-state index contributed by atoms with van der Waals surface area (Å²) < 4.78 is 34.2. The van der Waals surface area contributed by atoms with Gasteiger partial charge in [0, 0.05) is 38.6 Å². The van der Waals surface area contributed by atoms with Gasteiger partial charge in [0.2, 0.25) is 21.8 Å². The van der Waals surface area contributed by atoms with E-state index in [1.54, 1.807) is 17.0 Å². The molecule has 2 aliphatic heterocycles. The van der Waals surface area contributed by atoms with Gasteiger partial charge in [0.15, 0.2) is 5.75 Å². The largest absolute Gasteiger partial charge is 0.493 e. The van der Waals surface area contributed by atoms with Crippen molar-refractivity contribution in [2.75, 3.05) is 52.3 Å². The van der Waals surface area contributed by atoms with Crippen molar-refractivity contribution in [1.29, 1.82) is 0 Å². The SMILES string of the molecule is COc1c(N2CCCC2=O)cccc1S(=O)(=O)N[C@@H](CN)C(=O)N1CC[C@H](N(C)C)C1. The normalized spacial score (nSPS) is 20.5. The van der Waals surface area contributed by atoms with E-state index in [9.17, 15) is 18.0 Å². The number of nitrogens with zero attached hydrogens (tertiary/aromatic N) is 3. The van der Waals surface area contributed by atoms with Crippen molar-refractivity contribution in [2.24, 2.45) is 5.73 Å². The van der Waals surface area contributed by atoms with E-state index in [-0.39, 0.29) is 35.0 Å². The standard InChI is InChI=1S/C20H31N5O5S/c1-23(2)14-9-11-24(13-14)20(27)15(12-21)22-31(28,29)17-7-4-6-16(19(17)30-3)25-10-5-8-18(25)26/h4,6-7,14-15,22H,5,8-13,21H2,1-3H3/t14-,15-/m0/s1. The Kier molecular flexibility index (Phi) is 7.20. The molecule has 0 spiro atoms. The van der Waals surface area contributed by atoms with E-state index >= 15 is 0 Å². The summed E-state index contributed by atoms with van der Waals surface area (Å²) in [5.74, 6) is -0.358. The molecule has 31 heavy (non-hydrogen) atoms. The number of hydrogen-bond donors (Lipinski definition) is 2. The van der Waals surface area contributed by atoms with E-state index in [1.807, 2.05) is 19.0 Å². The van der Waals surface area contributed by atoms with E-state index < -0.39 is 16.1 Å². The van der Waals surface area contributed by atoms with E-state index in [4.69, 9.17) is 10.5 Å². The molecule has 2 heterocycles. The highest BCUT2D eigenvalue weighted by Crippen LogP contribution is 2.36. The highest BCUT2D eigenvalue weighted by Gasteiger charge is 2.35. The molecule has 1 aromatic rings. The first kappa shape index (κ1) is 23.5. The van der Waals surface area contributed by atoms with Gasteiger partial charge in [-0.15, -0.1) is 0 Å². The molecule has 2 saturated heterocycles.